The maximum atomic E-state index is 12.1. The highest BCUT2D eigenvalue weighted by Crippen LogP contribution is 2.23. The molecule has 0 fully saturated rings. The largest absolute Gasteiger partial charge is 0.452 e. The van der Waals surface area contributed by atoms with E-state index in [4.69, 9.17) is 4.74 Å². The van der Waals surface area contributed by atoms with Gasteiger partial charge in [0.15, 0.2) is 6.61 Å². The molecule has 1 amide bonds. The number of carbonyl (C=O) groups excluding carboxylic acids is 2. The molecule has 2 aromatic rings. The normalized spacial score (nSPS) is 12.5. The summed E-state index contributed by atoms with van der Waals surface area (Å²) in [4.78, 5) is 23.9. The van der Waals surface area contributed by atoms with Crippen LogP contribution in [0.15, 0.2) is 48.5 Å². The smallest absolute Gasteiger partial charge is 0.338 e. The molecule has 1 N–H and O–H groups in total. The molecule has 0 heterocycles. The lowest BCUT2D eigenvalue weighted by atomic mass is 10.1. The van der Waals surface area contributed by atoms with Crippen LogP contribution in [0.5, 0.6) is 0 Å². The molecule has 1 aliphatic rings. The predicted molar refractivity (Wildman–Crippen MR) is 96.5 cm³/mol. The molecule has 4 heteroatoms. The van der Waals surface area contributed by atoms with Crippen LogP contribution in [-0.4, -0.2) is 25.0 Å². The molecule has 0 unspecified atom stereocenters. The fourth-order valence-electron chi connectivity index (χ4n) is 3.13. The first kappa shape index (κ1) is 17.2. The first-order valence-corrected chi connectivity index (χ1v) is 8.82. The SMILES string of the molecule is O=C(COC(=O)c1ccc2c(c1)CCC2)NCCCc1ccccc1. The van der Waals surface area contributed by atoms with Crippen molar-refractivity contribution in [3.8, 4) is 0 Å². The molecule has 0 aliphatic heterocycles. The summed E-state index contributed by atoms with van der Waals surface area (Å²) >= 11 is 0. The zero-order valence-corrected chi connectivity index (χ0v) is 14.3. The van der Waals surface area contributed by atoms with Crippen LogP contribution in [0.4, 0.5) is 0 Å². The van der Waals surface area contributed by atoms with Gasteiger partial charge < -0.3 is 10.1 Å². The highest BCUT2D eigenvalue weighted by atomic mass is 16.5. The van der Waals surface area contributed by atoms with Gasteiger partial charge in [-0.25, -0.2) is 4.79 Å². The molecule has 2 aromatic carbocycles. The summed E-state index contributed by atoms with van der Waals surface area (Å²) in [5, 5.41) is 2.79. The highest BCUT2D eigenvalue weighted by Gasteiger charge is 2.15. The first-order chi connectivity index (χ1) is 12.2. The van der Waals surface area contributed by atoms with Crippen LogP contribution in [0.3, 0.4) is 0 Å². The zero-order valence-electron chi connectivity index (χ0n) is 14.3. The van der Waals surface area contributed by atoms with Crippen molar-refractivity contribution in [3.05, 3.63) is 70.8 Å². The summed E-state index contributed by atoms with van der Waals surface area (Å²) in [7, 11) is 0. The molecule has 25 heavy (non-hydrogen) atoms. The maximum absolute atomic E-state index is 12.1. The van der Waals surface area contributed by atoms with E-state index < -0.39 is 5.97 Å². The highest BCUT2D eigenvalue weighted by molar-refractivity contribution is 5.91. The van der Waals surface area contributed by atoms with Crippen LogP contribution in [0.25, 0.3) is 0 Å². The van der Waals surface area contributed by atoms with Crippen LogP contribution in [0.2, 0.25) is 0 Å². The Kier molecular flexibility index (Phi) is 5.83. The van der Waals surface area contributed by atoms with Gasteiger partial charge in [0, 0.05) is 6.54 Å². The third-order valence-corrected chi connectivity index (χ3v) is 4.48. The van der Waals surface area contributed by atoms with E-state index in [2.05, 4.69) is 17.4 Å². The third kappa shape index (κ3) is 4.92. The number of carbonyl (C=O) groups is 2. The Labute approximate surface area is 148 Å². The van der Waals surface area contributed by atoms with Gasteiger partial charge in [0.2, 0.25) is 0 Å². The molecule has 0 atom stereocenters. The number of aryl methyl sites for hydroxylation is 3. The number of fused-ring (bicyclic) bond motifs is 1. The van der Waals surface area contributed by atoms with E-state index in [0.29, 0.717) is 12.1 Å². The Hall–Kier alpha value is -2.62. The van der Waals surface area contributed by atoms with Crippen LogP contribution in [-0.2, 0) is 28.8 Å². The Morgan fingerprint density at radius 1 is 1.00 bits per heavy atom. The summed E-state index contributed by atoms with van der Waals surface area (Å²) in [6.07, 6.45) is 5.00. The average molecular weight is 337 g/mol. The second-order valence-electron chi connectivity index (χ2n) is 6.35. The molecule has 3 rings (SSSR count). The average Bonchev–Trinajstić information content (AvgIpc) is 3.12. The Bertz CT molecular complexity index is 740. The number of ether oxygens (including phenoxy) is 1. The van der Waals surface area contributed by atoms with Crippen molar-refractivity contribution in [3.63, 3.8) is 0 Å². The van der Waals surface area contributed by atoms with Crippen molar-refractivity contribution in [2.45, 2.75) is 32.1 Å². The van der Waals surface area contributed by atoms with Crippen LogP contribution in [0, 0.1) is 0 Å². The summed E-state index contributed by atoms with van der Waals surface area (Å²) in [6.45, 7) is 0.339. The topological polar surface area (TPSA) is 55.4 Å². The van der Waals surface area contributed by atoms with E-state index >= 15 is 0 Å². The van der Waals surface area contributed by atoms with Crippen LogP contribution in [0.1, 0.15) is 39.9 Å². The molecular formula is C21H23NO3. The minimum absolute atomic E-state index is 0.235. The van der Waals surface area contributed by atoms with Crippen LogP contribution >= 0.6 is 0 Å². The second-order valence-corrected chi connectivity index (χ2v) is 6.35. The lowest BCUT2D eigenvalue weighted by Crippen LogP contribution is -2.29. The molecule has 0 spiro atoms. The van der Waals surface area contributed by atoms with E-state index in [0.717, 1.165) is 32.1 Å². The summed E-state index contributed by atoms with van der Waals surface area (Å²) in [5.41, 5.74) is 4.31. The summed E-state index contributed by atoms with van der Waals surface area (Å²) in [6, 6.07) is 15.8. The number of amides is 1. The molecule has 0 saturated carbocycles. The fourth-order valence-corrected chi connectivity index (χ4v) is 3.13. The van der Waals surface area contributed by atoms with E-state index in [9.17, 15) is 9.59 Å². The quantitative estimate of drug-likeness (QED) is 0.624. The van der Waals surface area contributed by atoms with Crippen molar-refractivity contribution in [1.82, 2.24) is 5.32 Å². The van der Waals surface area contributed by atoms with Gasteiger partial charge in [-0.1, -0.05) is 36.4 Å². The van der Waals surface area contributed by atoms with E-state index in [1.807, 2.05) is 30.3 Å². The first-order valence-electron chi connectivity index (χ1n) is 8.82. The number of esters is 1. The van der Waals surface area contributed by atoms with Crippen molar-refractivity contribution in [1.29, 1.82) is 0 Å². The number of hydrogen-bond acceptors (Lipinski definition) is 3. The van der Waals surface area contributed by atoms with Crippen molar-refractivity contribution in [2.24, 2.45) is 0 Å². The fraction of sp³-hybridized carbons (Fsp3) is 0.333. The standard InChI is InChI=1S/C21H23NO3/c23-20(22-13-5-8-16-6-2-1-3-7-16)15-25-21(24)19-12-11-17-9-4-10-18(17)14-19/h1-3,6-7,11-12,14H,4-5,8-10,13,15H2,(H,22,23). The summed E-state index contributed by atoms with van der Waals surface area (Å²) < 4.78 is 5.11. The molecule has 1 aliphatic carbocycles. The number of hydrogen-bond donors (Lipinski definition) is 1. The van der Waals surface area contributed by atoms with Gasteiger partial charge in [-0.15, -0.1) is 0 Å². The van der Waals surface area contributed by atoms with Gasteiger partial charge in [0.25, 0.3) is 5.91 Å². The maximum Gasteiger partial charge on any atom is 0.338 e. The van der Waals surface area contributed by atoms with Crippen LogP contribution < -0.4 is 5.32 Å². The van der Waals surface area contributed by atoms with Gasteiger partial charge in [0.1, 0.15) is 0 Å². The molecule has 0 bridgehead atoms. The Balaban J connectivity index is 1.36. The Morgan fingerprint density at radius 3 is 2.64 bits per heavy atom. The van der Waals surface area contributed by atoms with E-state index in [1.54, 1.807) is 6.07 Å². The number of rotatable bonds is 7. The van der Waals surface area contributed by atoms with Gasteiger partial charge >= 0.3 is 5.97 Å². The lowest BCUT2D eigenvalue weighted by molar-refractivity contribution is -0.124. The minimum Gasteiger partial charge on any atom is -0.452 e. The van der Waals surface area contributed by atoms with Gasteiger partial charge in [-0.2, -0.15) is 0 Å². The number of benzene rings is 2. The molecule has 0 radical (unpaired) electrons. The number of nitrogens with one attached hydrogen (secondary N) is 1. The summed E-state index contributed by atoms with van der Waals surface area (Å²) in [5.74, 6) is -0.697. The van der Waals surface area contributed by atoms with Crippen molar-refractivity contribution >= 4 is 11.9 Å². The minimum atomic E-state index is -0.436. The Morgan fingerprint density at radius 2 is 1.80 bits per heavy atom. The third-order valence-electron chi connectivity index (χ3n) is 4.48. The van der Waals surface area contributed by atoms with Gasteiger partial charge in [-0.3, -0.25) is 4.79 Å². The zero-order chi connectivity index (χ0) is 17.5. The van der Waals surface area contributed by atoms with Crippen molar-refractivity contribution < 1.29 is 14.3 Å². The molecule has 0 saturated heterocycles. The molecule has 4 nitrogen and oxygen atoms in total. The molecule has 0 aromatic heterocycles. The molecule has 130 valence electrons. The monoisotopic (exact) mass is 337 g/mol. The van der Waals surface area contributed by atoms with Gasteiger partial charge in [0.05, 0.1) is 5.56 Å². The predicted octanol–water partition coefficient (Wildman–Crippen LogP) is 3.08. The second kappa shape index (κ2) is 8.47. The van der Waals surface area contributed by atoms with E-state index in [1.165, 1.54) is 16.7 Å². The molecular weight excluding hydrogens is 314 g/mol. The van der Waals surface area contributed by atoms with Gasteiger partial charge in [-0.05, 0) is 60.9 Å². The lowest BCUT2D eigenvalue weighted by Gasteiger charge is -2.08. The van der Waals surface area contributed by atoms with Crippen molar-refractivity contribution in [2.75, 3.05) is 13.2 Å². The van der Waals surface area contributed by atoms with E-state index in [-0.39, 0.29) is 12.5 Å².